The number of amides is 1. The van der Waals surface area contributed by atoms with Crippen molar-refractivity contribution in [2.75, 3.05) is 5.32 Å². The van der Waals surface area contributed by atoms with Crippen LogP contribution in [-0.4, -0.2) is 17.0 Å². The molecular formula is C33H37NO4. The van der Waals surface area contributed by atoms with Crippen LogP contribution in [0.3, 0.4) is 0 Å². The maximum absolute atomic E-state index is 12.8. The highest BCUT2D eigenvalue weighted by Crippen LogP contribution is 2.33. The number of ether oxygens (including phenoxy) is 1. The molecule has 1 aliphatic carbocycles. The van der Waals surface area contributed by atoms with E-state index in [1.807, 2.05) is 30.3 Å². The summed E-state index contributed by atoms with van der Waals surface area (Å²) in [7, 11) is 0. The highest BCUT2D eigenvalue weighted by molar-refractivity contribution is 5.95. The topological polar surface area (TPSA) is 75.6 Å². The summed E-state index contributed by atoms with van der Waals surface area (Å²) in [6, 6.07) is 21.9. The first-order chi connectivity index (χ1) is 18.3. The Labute approximate surface area is 225 Å². The summed E-state index contributed by atoms with van der Waals surface area (Å²) in [6.07, 6.45) is 7.98. The minimum absolute atomic E-state index is 0.226. The minimum Gasteiger partial charge on any atom is -0.481 e. The third-order valence-electron chi connectivity index (χ3n) is 7.12. The Balaban J connectivity index is 1.53. The summed E-state index contributed by atoms with van der Waals surface area (Å²) in [5.74, 6) is -0.314. The molecule has 5 nitrogen and oxygen atoms in total. The number of carboxylic acids is 1. The third-order valence-corrected chi connectivity index (χ3v) is 7.12. The molecule has 3 aromatic carbocycles. The molecule has 0 heterocycles. The van der Waals surface area contributed by atoms with Crippen molar-refractivity contribution in [3.05, 3.63) is 95.1 Å². The van der Waals surface area contributed by atoms with Gasteiger partial charge in [-0.2, -0.15) is 0 Å². The molecule has 0 aliphatic heterocycles. The van der Waals surface area contributed by atoms with Crippen LogP contribution in [0.1, 0.15) is 61.8 Å². The van der Waals surface area contributed by atoms with Gasteiger partial charge in [0.05, 0.1) is 11.8 Å². The Morgan fingerprint density at radius 2 is 1.68 bits per heavy atom. The van der Waals surface area contributed by atoms with Gasteiger partial charge in [0.1, 0.15) is 11.5 Å². The Kier molecular flexibility index (Phi) is 9.01. The smallest absolute Gasteiger partial charge is 0.307 e. The van der Waals surface area contributed by atoms with Crippen LogP contribution < -0.4 is 10.1 Å². The maximum Gasteiger partial charge on any atom is 0.307 e. The second kappa shape index (κ2) is 12.6. The molecule has 198 valence electrons. The van der Waals surface area contributed by atoms with Gasteiger partial charge in [-0.15, -0.1) is 0 Å². The maximum atomic E-state index is 12.8. The molecule has 0 aromatic heterocycles. The van der Waals surface area contributed by atoms with Crippen molar-refractivity contribution in [1.82, 2.24) is 0 Å². The van der Waals surface area contributed by atoms with Crippen LogP contribution in [0, 0.1) is 24.7 Å². The molecular weight excluding hydrogens is 474 g/mol. The predicted molar refractivity (Wildman–Crippen MR) is 153 cm³/mol. The molecule has 1 aliphatic rings. The first-order valence-corrected chi connectivity index (χ1v) is 13.5. The van der Waals surface area contributed by atoms with Gasteiger partial charge in [-0.3, -0.25) is 9.59 Å². The van der Waals surface area contributed by atoms with Crippen molar-refractivity contribution in [3.8, 4) is 11.5 Å². The van der Waals surface area contributed by atoms with Crippen molar-refractivity contribution < 1.29 is 19.4 Å². The third kappa shape index (κ3) is 7.12. The summed E-state index contributed by atoms with van der Waals surface area (Å²) < 4.78 is 6.38. The van der Waals surface area contributed by atoms with Crippen molar-refractivity contribution in [1.29, 1.82) is 0 Å². The Bertz CT molecular complexity index is 1280. The molecule has 0 spiro atoms. The summed E-state index contributed by atoms with van der Waals surface area (Å²) >= 11 is 0. The number of carbonyl (C=O) groups is 2. The average molecular weight is 512 g/mol. The summed E-state index contributed by atoms with van der Waals surface area (Å²) in [5.41, 5.74) is 5.26. The van der Waals surface area contributed by atoms with Gasteiger partial charge in [0.15, 0.2) is 0 Å². The van der Waals surface area contributed by atoms with Crippen molar-refractivity contribution in [3.63, 3.8) is 0 Å². The highest BCUT2D eigenvalue weighted by Gasteiger charge is 2.35. The lowest BCUT2D eigenvalue weighted by molar-refractivity contribution is -0.147. The molecule has 38 heavy (non-hydrogen) atoms. The van der Waals surface area contributed by atoms with E-state index in [1.165, 1.54) is 11.1 Å². The van der Waals surface area contributed by atoms with Crippen LogP contribution in [0.2, 0.25) is 0 Å². The fourth-order valence-corrected chi connectivity index (χ4v) is 5.00. The van der Waals surface area contributed by atoms with E-state index in [9.17, 15) is 14.7 Å². The molecule has 2 atom stereocenters. The zero-order valence-corrected chi connectivity index (χ0v) is 22.4. The molecule has 2 N–H and O–H groups in total. The molecule has 1 saturated carbocycles. The largest absolute Gasteiger partial charge is 0.481 e. The summed E-state index contributed by atoms with van der Waals surface area (Å²) in [6.45, 7) is 6.43. The molecule has 5 heteroatoms. The van der Waals surface area contributed by atoms with Crippen molar-refractivity contribution in [2.45, 2.75) is 52.9 Å². The lowest BCUT2D eigenvalue weighted by Crippen LogP contribution is -2.36. The van der Waals surface area contributed by atoms with E-state index in [1.54, 1.807) is 12.1 Å². The number of benzene rings is 3. The molecule has 0 radical (unpaired) electrons. The summed E-state index contributed by atoms with van der Waals surface area (Å²) in [5, 5.41) is 12.4. The normalized spacial score (nSPS) is 17.5. The highest BCUT2D eigenvalue weighted by atomic mass is 16.5. The summed E-state index contributed by atoms with van der Waals surface area (Å²) in [4.78, 5) is 24.4. The van der Waals surface area contributed by atoms with E-state index in [-0.39, 0.29) is 5.91 Å². The van der Waals surface area contributed by atoms with E-state index in [0.717, 1.165) is 36.1 Å². The van der Waals surface area contributed by atoms with Gasteiger partial charge >= 0.3 is 5.97 Å². The first kappa shape index (κ1) is 27.2. The molecule has 0 bridgehead atoms. The molecule has 3 aromatic rings. The van der Waals surface area contributed by atoms with Gasteiger partial charge in [-0.05, 0) is 78.3 Å². The Morgan fingerprint density at radius 1 is 1.00 bits per heavy atom. The van der Waals surface area contributed by atoms with E-state index in [0.29, 0.717) is 30.2 Å². The lowest BCUT2D eigenvalue weighted by atomic mass is 9.78. The Hall–Kier alpha value is -3.86. The number of carboxylic acid groups (broad SMARTS) is 1. The van der Waals surface area contributed by atoms with Crippen LogP contribution in [-0.2, 0) is 16.0 Å². The monoisotopic (exact) mass is 511 g/mol. The number of aliphatic carboxylic acids is 1. The van der Waals surface area contributed by atoms with Crippen LogP contribution in [0.15, 0.2) is 72.8 Å². The zero-order valence-electron chi connectivity index (χ0n) is 22.4. The lowest BCUT2D eigenvalue weighted by Gasteiger charge is -2.27. The van der Waals surface area contributed by atoms with E-state index in [2.05, 4.69) is 62.5 Å². The number of hydrogen-bond donors (Lipinski definition) is 2. The zero-order chi connectivity index (χ0) is 27.1. The number of nitrogens with one attached hydrogen (secondary N) is 1. The molecule has 2 unspecified atom stereocenters. The Morgan fingerprint density at radius 3 is 2.34 bits per heavy atom. The molecule has 4 rings (SSSR count). The fraction of sp³-hybridized carbons (Fsp3) is 0.333. The van der Waals surface area contributed by atoms with E-state index >= 15 is 0 Å². The van der Waals surface area contributed by atoms with Gasteiger partial charge in [0, 0.05) is 12.1 Å². The number of carbonyl (C=O) groups excluding carboxylic acids is 1. The molecule has 0 saturated heterocycles. The standard InChI is InChI=1S/C33H37NO4/c1-22(2)13-14-25-21-31(26(19-23(25)3)20-24-9-5-4-6-10-24)38-28-17-15-27(16-18-28)34-32(35)29-11-7-8-12-30(29)33(36)37/h4-6,9-10,13-19,21-22,29-30H,7-8,11-12,20H2,1-3H3,(H,34,35)(H,36,37)/b14-13-. The fourth-order valence-electron chi connectivity index (χ4n) is 5.00. The average Bonchev–Trinajstić information content (AvgIpc) is 2.91. The number of rotatable bonds is 9. The minimum atomic E-state index is -0.888. The second-order valence-corrected chi connectivity index (χ2v) is 10.5. The van der Waals surface area contributed by atoms with E-state index in [4.69, 9.17) is 4.74 Å². The van der Waals surface area contributed by atoms with Crippen LogP contribution in [0.5, 0.6) is 11.5 Å². The number of allylic oxidation sites excluding steroid dienone is 1. The van der Waals surface area contributed by atoms with Crippen LogP contribution >= 0.6 is 0 Å². The first-order valence-electron chi connectivity index (χ1n) is 13.5. The van der Waals surface area contributed by atoms with Crippen LogP contribution in [0.4, 0.5) is 5.69 Å². The number of hydrogen-bond acceptors (Lipinski definition) is 3. The van der Waals surface area contributed by atoms with Gasteiger partial charge < -0.3 is 15.2 Å². The van der Waals surface area contributed by atoms with Crippen molar-refractivity contribution in [2.24, 2.45) is 17.8 Å². The molecule has 1 amide bonds. The van der Waals surface area contributed by atoms with Gasteiger partial charge in [-0.1, -0.05) is 75.2 Å². The van der Waals surface area contributed by atoms with Crippen LogP contribution in [0.25, 0.3) is 6.08 Å². The quantitative estimate of drug-likeness (QED) is 0.306. The van der Waals surface area contributed by atoms with Crippen molar-refractivity contribution >= 4 is 23.6 Å². The number of anilines is 1. The van der Waals surface area contributed by atoms with Gasteiger partial charge in [0.25, 0.3) is 0 Å². The number of aryl methyl sites for hydroxylation is 1. The predicted octanol–water partition coefficient (Wildman–Crippen LogP) is 7.88. The van der Waals surface area contributed by atoms with E-state index < -0.39 is 17.8 Å². The molecule has 1 fully saturated rings. The SMILES string of the molecule is Cc1cc(Cc2ccccc2)c(Oc2ccc(NC(=O)C3CCCCC3C(=O)O)cc2)cc1/C=C\C(C)C. The second-order valence-electron chi connectivity index (χ2n) is 10.5. The van der Waals surface area contributed by atoms with Gasteiger partial charge in [0.2, 0.25) is 5.91 Å². The van der Waals surface area contributed by atoms with Gasteiger partial charge in [-0.25, -0.2) is 0 Å².